The number of sulfonamides is 1. The number of pyridine rings is 1. The molecular weight excluding hydrogens is 753 g/mol. The van der Waals surface area contributed by atoms with Crippen LogP contribution in [0, 0.1) is 5.92 Å². The minimum Gasteiger partial charge on any atom is -0.497 e. The summed E-state index contributed by atoms with van der Waals surface area (Å²) < 4.78 is 45.5. The van der Waals surface area contributed by atoms with Crippen molar-refractivity contribution in [3.05, 3.63) is 67.3 Å². The van der Waals surface area contributed by atoms with Crippen LogP contribution in [0.3, 0.4) is 0 Å². The van der Waals surface area contributed by atoms with Crippen molar-refractivity contribution in [2.24, 2.45) is 5.92 Å². The Hall–Kier alpha value is -5.38. The lowest BCUT2D eigenvalue weighted by Crippen LogP contribution is -2.63. The fraction of sp³-hybridized carbons (Fsp3) is 0.488. The summed E-state index contributed by atoms with van der Waals surface area (Å²) >= 11 is 0. The van der Waals surface area contributed by atoms with Gasteiger partial charge in [0.15, 0.2) is 0 Å². The van der Waals surface area contributed by atoms with Gasteiger partial charge in [-0.3, -0.25) is 14.3 Å². The number of benzene rings is 2. The summed E-state index contributed by atoms with van der Waals surface area (Å²) in [6.45, 7) is 8.92. The molecule has 1 aromatic heterocycles. The molecule has 0 bridgehead atoms. The lowest BCUT2D eigenvalue weighted by atomic mass is 10.1. The number of hydrazine groups is 1. The van der Waals surface area contributed by atoms with Gasteiger partial charge < -0.3 is 24.4 Å². The molecule has 0 spiro atoms. The van der Waals surface area contributed by atoms with Crippen molar-refractivity contribution in [3.8, 4) is 22.8 Å². The molecule has 2 unspecified atom stereocenters. The van der Waals surface area contributed by atoms with Crippen LogP contribution in [0.4, 0.5) is 9.59 Å². The third kappa shape index (κ3) is 8.50. The highest BCUT2D eigenvalue weighted by Gasteiger charge is 2.62. The Morgan fingerprint density at radius 3 is 2.35 bits per heavy atom. The fourth-order valence-electron chi connectivity index (χ4n) is 7.61. The molecule has 2 heterocycles. The largest absolute Gasteiger partial charge is 0.497 e. The molecule has 2 aromatic carbocycles. The molecule has 4 aliphatic rings. The second kappa shape index (κ2) is 15.5. The Bertz CT molecular complexity index is 2170. The van der Waals surface area contributed by atoms with Gasteiger partial charge in [0.05, 0.1) is 35.7 Å². The van der Waals surface area contributed by atoms with Crippen LogP contribution in [0.1, 0.15) is 72.1 Å². The molecule has 0 radical (unpaired) electrons. The second-order valence-electron chi connectivity index (χ2n) is 16.3. The summed E-state index contributed by atoms with van der Waals surface area (Å²) in [6.07, 6.45) is 4.09. The summed E-state index contributed by atoms with van der Waals surface area (Å²) in [6, 6.07) is 14.9. The zero-order chi connectivity index (χ0) is 40.7. The van der Waals surface area contributed by atoms with Gasteiger partial charge in [-0.1, -0.05) is 36.4 Å². The van der Waals surface area contributed by atoms with Crippen molar-refractivity contribution in [1.29, 1.82) is 0 Å². The van der Waals surface area contributed by atoms with Gasteiger partial charge in [0.25, 0.3) is 5.91 Å². The average molecular weight is 803 g/mol. The Morgan fingerprint density at radius 2 is 1.72 bits per heavy atom. The van der Waals surface area contributed by atoms with Gasteiger partial charge in [-0.2, -0.15) is 0 Å². The highest BCUT2D eigenvalue weighted by Crippen LogP contribution is 2.46. The molecule has 16 heteroatoms. The van der Waals surface area contributed by atoms with E-state index in [0.717, 1.165) is 36.3 Å². The first-order chi connectivity index (χ1) is 27.1. The number of carbonyl (C=O) groups excluding carboxylic acids is 4. The van der Waals surface area contributed by atoms with Crippen LogP contribution >= 0.6 is 0 Å². The number of hydrogen-bond donors (Lipinski definition) is 3. The number of nitrogens with zero attached hydrogens (tertiary/aromatic N) is 3. The van der Waals surface area contributed by atoms with E-state index in [9.17, 15) is 27.6 Å². The van der Waals surface area contributed by atoms with Crippen molar-refractivity contribution in [3.63, 3.8) is 0 Å². The highest BCUT2D eigenvalue weighted by atomic mass is 32.2. The molecule has 3 N–H and O–H groups in total. The molecule has 57 heavy (non-hydrogen) atoms. The van der Waals surface area contributed by atoms with Crippen LogP contribution in [0.25, 0.3) is 22.2 Å². The number of methoxy groups -OCH3 is 1. The van der Waals surface area contributed by atoms with Crippen molar-refractivity contribution in [2.45, 2.75) is 107 Å². The maximum atomic E-state index is 14.7. The first-order valence-electron chi connectivity index (χ1n) is 19.4. The van der Waals surface area contributed by atoms with Crippen LogP contribution in [0.5, 0.6) is 11.5 Å². The van der Waals surface area contributed by atoms with E-state index in [1.165, 1.54) is 11.0 Å². The molecule has 1 aliphatic heterocycles. The van der Waals surface area contributed by atoms with E-state index in [0.29, 0.717) is 40.9 Å². The number of nitrogens with one attached hydrogen (secondary N) is 3. The molecule has 4 atom stereocenters. The average Bonchev–Trinajstić information content (AvgIpc) is 4.06. The maximum Gasteiger partial charge on any atom is 0.426 e. The molecule has 5 amide bonds. The van der Waals surface area contributed by atoms with Gasteiger partial charge in [-0.15, -0.1) is 6.58 Å². The van der Waals surface area contributed by atoms with Gasteiger partial charge in [-0.05, 0) is 77.8 Å². The lowest BCUT2D eigenvalue weighted by molar-refractivity contribution is -0.131. The Morgan fingerprint density at radius 1 is 1.00 bits per heavy atom. The van der Waals surface area contributed by atoms with E-state index in [-0.39, 0.29) is 25.5 Å². The van der Waals surface area contributed by atoms with Gasteiger partial charge in [0.2, 0.25) is 15.9 Å². The topological polar surface area (TPSA) is 186 Å². The van der Waals surface area contributed by atoms with E-state index < -0.39 is 68.4 Å². The van der Waals surface area contributed by atoms with E-state index in [4.69, 9.17) is 19.2 Å². The van der Waals surface area contributed by atoms with Crippen molar-refractivity contribution >= 4 is 44.9 Å². The first kappa shape index (κ1) is 39.8. The van der Waals surface area contributed by atoms with Crippen LogP contribution in [-0.2, 0) is 24.3 Å². The number of amides is 5. The number of ether oxygens (including phenoxy) is 3. The number of fused-ring (bicyclic) bond motifs is 1. The predicted molar refractivity (Wildman–Crippen MR) is 211 cm³/mol. The predicted octanol–water partition coefficient (Wildman–Crippen LogP) is 5.21. The molecule has 3 saturated carbocycles. The van der Waals surface area contributed by atoms with Crippen molar-refractivity contribution in [2.75, 3.05) is 13.7 Å². The summed E-state index contributed by atoms with van der Waals surface area (Å²) in [5.74, 6) is -1.02. The van der Waals surface area contributed by atoms with Gasteiger partial charge in [0, 0.05) is 35.4 Å². The zero-order valence-electron chi connectivity index (χ0n) is 32.7. The third-order valence-corrected chi connectivity index (χ3v) is 12.9. The van der Waals surface area contributed by atoms with E-state index in [2.05, 4.69) is 22.0 Å². The number of carbonyl (C=O) groups is 4. The Labute approximate surface area is 332 Å². The van der Waals surface area contributed by atoms with Gasteiger partial charge in [-0.25, -0.2) is 33.4 Å². The van der Waals surface area contributed by atoms with Crippen LogP contribution in [0.15, 0.2) is 67.3 Å². The SMILES string of the molecule is C=C[C@@H]1CC1(NC(=O)[C@@H]1CC(Oc2cc(-c3ccccc3)nc3cc(OC)ccc23)CN1C(=O)N(NC(=O)OC1CCCC1)C(C)(C)C)C(=O)NS(=O)(=O)C1CC1. The minimum absolute atomic E-state index is 0.000451. The molecule has 4 fully saturated rings. The van der Waals surface area contributed by atoms with Crippen LogP contribution in [0.2, 0.25) is 0 Å². The number of rotatable bonds is 11. The summed E-state index contributed by atoms with van der Waals surface area (Å²) in [5, 5.41) is 3.97. The third-order valence-electron chi connectivity index (χ3n) is 11.0. The molecule has 3 aliphatic carbocycles. The minimum atomic E-state index is -3.92. The Balaban J connectivity index is 1.20. The highest BCUT2D eigenvalue weighted by molar-refractivity contribution is 7.91. The quantitative estimate of drug-likeness (QED) is 0.172. The van der Waals surface area contributed by atoms with E-state index in [1.54, 1.807) is 40.0 Å². The normalized spacial score (nSPS) is 23.4. The summed E-state index contributed by atoms with van der Waals surface area (Å²) in [7, 11) is -2.35. The molecule has 15 nitrogen and oxygen atoms in total. The molecular formula is C41H50N6O9S. The summed E-state index contributed by atoms with van der Waals surface area (Å²) in [5.41, 5.74) is 2.16. The number of hydrogen-bond acceptors (Lipinski definition) is 10. The number of urea groups is 1. The lowest BCUT2D eigenvalue weighted by Gasteiger charge is -2.39. The van der Waals surface area contributed by atoms with E-state index in [1.807, 2.05) is 42.5 Å². The second-order valence-corrected chi connectivity index (χ2v) is 18.3. The van der Waals surface area contributed by atoms with Gasteiger partial charge >= 0.3 is 12.1 Å². The number of likely N-dealkylation sites (tertiary alicyclic amines) is 1. The summed E-state index contributed by atoms with van der Waals surface area (Å²) in [4.78, 5) is 62.0. The van der Waals surface area contributed by atoms with Crippen molar-refractivity contribution in [1.82, 2.24) is 30.4 Å². The standard InChI is InChI=1S/C41H50N6O9S/c1-6-26-23-41(26,37(49)45-57(52,53)30-17-18-30)43-36(48)34-21-29(24-46(34)39(51)47(40(2,3)4)44-38(50)56-27-14-10-11-15-27)55-35-22-32(25-12-8-7-9-13-25)42-33-20-28(54-5)16-19-31(33)35/h6-9,12-13,16,19-20,22,26-27,29-30,34H,1,10-11,14-15,17-18,21,23-24H2,2-5H3,(H,43,48)(H,44,50)(H,45,49)/t26-,29?,34+,41?/m1/s1. The Kier molecular flexibility index (Phi) is 10.8. The first-order valence-corrected chi connectivity index (χ1v) is 21.0. The molecule has 3 aromatic rings. The maximum absolute atomic E-state index is 14.7. The van der Waals surface area contributed by atoms with Crippen LogP contribution < -0.4 is 24.9 Å². The van der Waals surface area contributed by atoms with Crippen LogP contribution in [-0.4, -0.2) is 95.5 Å². The van der Waals surface area contributed by atoms with Crippen molar-refractivity contribution < 1.29 is 41.8 Å². The molecule has 304 valence electrons. The van der Waals surface area contributed by atoms with E-state index >= 15 is 0 Å². The van der Waals surface area contributed by atoms with Gasteiger partial charge in [0.1, 0.15) is 35.3 Å². The molecule has 1 saturated heterocycles. The number of aromatic nitrogens is 1. The monoisotopic (exact) mass is 802 g/mol. The fourth-order valence-corrected chi connectivity index (χ4v) is 8.97. The zero-order valence-corrected chi connectivity index (χ0v) is 33.5. The molecule has 7 rings (SSSR count). The smallest absolute Gasteiger partial charge is 0.426 e.